The third-order valence-electron chi connectivity index (χ3n) is 3.73. The van der Waals surface area contributed by atoms with E-state index in [0.29, 0.717) is 17.7 Å². The molecule has 1 unspecified atom stereocenters. The molecular weight excluding hydrogens is 266 g/mol. The van der Waals surface area contributed by atoms with Gasteiger partial charge in [-0.05, 0) is 36.2 Å². The van der Waals surface area contributed by atoms with Gasteiger partial charge in [0.2, 0.25) is 5.91 Å². The number of benzene rings is 1. The number of aromatic nitrogens is 1. The molecule has 1 aromatic carbocycles. The highest BCUT2D eigenvalue weighted by molar-refractivity contribution is 6.12. The molecule has 1 aromatic heterocycles. The zero-order valence-corrected chi connectivity index (χ0v) is 11.5. The van der Waals surface area contributed by atoms with Gasteiger partial charge in [0.05, 0.1) is 11.9 Å². The van der Waals surface area contributed by atoms with Gasteiger partial charge in [0.1, 0.15) is 6.04 Å². The number of carbonyl (C=O) groups excluding carboxylic acids is 2. The topological polar surface area (TPSA) is 76.3 Å². The maximum absolute atomic E-state index is 12.8. The van der Waals surface area contributed by atoms with Crippen molar-refractivity contribution in [2.24, 2.45) is 5.73 Å². The van der Waals surface area contributed by atoms with Crippen LogP contribution in [-0.4, -0.2) is 22.8 Å². The summed E-state index contributed by atoms with van der Waals surface area (Å²) < 4.78 is 0. The Hall–Kier alpha value is -2.69. The van der Waals surface area contributed by atoms with Crippen LogP contribution in [0, 0.1) is 13.0 Å². The summed E-state index contributed by atoms with van der Waals surface area (Å²) in [6, 6.07) is 9.18. The van der Waals surface area contributed by atoms with Gasteiger partial charge in [0, 0.05) is 18.2 Å². The van der Waals surface area contributed by atoms with Crippen molar-refractivity contribution in [3.63, 3.8) is 0 Å². The van der Waals surface area contributed by atoms with Gasteiger partial charge in [0.25, 0.3) is 5.91 Å². The van der Waals surface area contributed by atoms with Gasteiger partial charge in [-0.25, -0.2) is 0 Å². The first-order valence-electron chi connectivity index (χ1n) is 6.62. The molecule has 21 heavy (non-hydrogen) atoms. The Kier molecular flexibility index (Phi) is 3.17. The summed E-state index contributed by atoms with van der Waals surface area (Å²) in [7, 11) is 0. The summed E-state index contributed by atoms with van der Waals surface area (Å²) >= 11 is 0. The fraction of sp³-hybridized carbons (Fsp3) is 0.188. The van der Waals surface area contributed by atoms with Crippen molar-refractivity contribution in [3.05, 3.63) is 59.4 Å². The van der Waals surface area contributed by atoms with Crippen molar-refractivity contribution in [2.75, 3.05) is 4.90 Å². The molecule has 1 radical (unpaired) electrons. The van der Waals surface area contributed by atoms with Gasteiger partial charge in [-0.2, -0.15) is 0 Å². The Morgan fingerprint density at radius 1 is 1.48 bits per heavy atom. The van der Waals surface area contributed by atoms with E-state index in [1.54, 1.807) is 36.7 Å². The molecule has 105 valence electrons. The van der Waals surface area contributed by atoms with E-state index in [4.69, 9.17) is 5.73 Å². The third-order valence-corrected chi connectivity index (χ3v) is 3.73. The second-order valence-electron chi connectivity index (χ2n) is 5.04. The molecule has 0 bridgehead atoms. The van der Waals surface area contributed by atoms with Crippen LogP contribution in [0.5, 0.6) is 0 Å². The molecule has 3 rings (SSSR count). The number of hydrogen-bond donors (Lipinski definition) is 1. The standard InChI is InChI=1S/C16H14N3O2/c1-10-6-7-18-9-14(10)19-13(15(17)20)8-11-4-2-3-5-12(11)16(19)21/h2,4-7,9,13H,8H2,1H3,(H2,17,20). The molecule has 1 aliphatic rings. The number of fused-ring (bicyclic) bond motifs is 1. The molecule has 0 spiro atoms. The average molecular weight is 280 g/mol. The lowest BCUT2D eigenvalue weighted by molar-refractivity contribution is -0.119. The third kappa shape index (κ3) is 2.16. The summed E-state index contributed by atoms with van der Waals surface area (Å²) in [6.45, 7) is 1.87. The second kappa shape index (κ2) is 5.01. The molecule has 2 amide bonds. The molecule has 1 atom stereocenters. The number of anilines is 1. The van der Waals surface area contributed by atoms with Gasteiger partial charge in [-0.1, -0.05) is 12.1 Å². The van der Waals surface area contributed by atoms with Gasteiger partial charge in [-0.15, -0.1) is 0 Å². The van der Waals surface area contributed by atoms with E-state index in [2.05, 4.69) is 11.1 Å². The number of nitrogens with two attached hydrogens (primary N) is 1. The predicted molar refractivity (Wildman–Crippen MR) is 77.7 cm³/mol. The van der Waals surface area contributed by atoms with Crippen LogP contribution in [-0.2, 0) is 11.2 Å². The van der Waals surface area contributed by atoms with E-state index in [9.17, 15) is 9.59 Å². The Morgan fingerprint density at radius 3 is 3.00 bits per heavy atom. The van der Waals surface area contributed by atoms with E-state index in [1.165, 1.54) is 4.90 Å². The smallest absolute Gasteiger partial charge is 0.259 e. The second-order valence-corrected chi connectivity index (χ2v) is 5.04. The van der Waals surface area contributed by atoms with Crippen LogP contribution >= 0.6 is 0 Å². The molecule has 0 fully saturated rings. The van der Waals surface area contributed by atoms with E-state index in [1.807, 2.05) is 6.92 Å². The van der Waals surface area contributed by atoms with Gasteiger partial charge >= 0.3 is 0 Å². The predicted octanol–water partition coefficient (Wildman–Crippen LogP) is 1.25. The van der Waals surface area contributed by atoms with Crippen LogP contribution in [0.25, 0.3) is 0 Å². The molecule has 2 N–H and O–H groups in total. The van der Waals surface area contributed by atoms with Gasteiger partial charge in [-0.3, -0.25) is 19.5 Å². The van der Waals surface area contributed by atoms with Crippen LogP contribution in [0.3, 0.4) is 0 Å². The minimum atomic E-state index is -0.699. The SMILES string of the molecule is Cc1ccncc1N1C(=O)c2c[c]ccc2CC1C(N)=O. The van der Waals surface area contributed by atoms with Gasteiger partial charge in [0.15, 0.2) is 0 Å². The first-order chi connectivity index (χ1) is 10.1. The van der Waals surface area contributed by atoms with Crippen molar-refractivity contribution >= 4 is 17.5 Å². The molecule has 2 heterocycles. The highest BCUT2D eigenvalue weighted by Crippen LogP contribution is 2.29. The van der Waals surface area contributed by atoms with Crippen LogP contribution in [0.2, 0.25) is 0 Å². The summed E-state index contributed by atoms with van der Waals surface area (Å²) in [5.41, 5.74) is 8.36. The fourth-order valence-corrected chi connectivity index (χ4v) is 2.62. The zero-order chi connectivity index (χ0) is 15.0. The average Bonchev–Trinajstić information content (AvgIpc) is 2.48. The molecule has 1 aliphatic heterocycles. The first-order valence-corrected chi connectivity index (χ1v) is 6.62. The highest BCUT2D eigenvalue weighted by Gasteiger charge is 2.37. The first kappa shape index (κ1) is 13.3. The largest absolute Gasteiger partial charge is 0.368 e. The lowest BCUT2D eigenvalue weighted by Crippen LogP contribution is -2.52. The maximum atomic E-state index is 12.8. The fourth-order valence-electron chi connectivity index (χ4n) is 2.62. The Balaban J connectivity index is 2.16. The number of rotatable bonds is 2. The Morgan fingerprint density at radius 2 is 2.29 bits per heavy atom. The summed E-state index contributed by atoms with van der Waals surface area (Å²) in [5.74, 6) is -0.766. The molecule has 0 aliphatic carbocycles. The number of hydrogen-bond acceptors (Lipinski definition) is 3. The lowest BCUT2D eigenvalue weighted by Gasteiger charge is -2.35. The van der Waals surface area contributed by atoms with Crippen molar-refractivity contribution < 1.29 is 9.59 Å². The number of carbonyl (C=O) groups is 2. The van der Waals surface area contributed by atoms with E-state index < -0.39 is 11.9 Å². The maximum Gasteiger partial charge on any atom is 0.259 e. The molecule has 5 nitrogen and oxygen atoms in total. The van der Waals surface area contributed by atoms with Crippen LogP contribution in [0.15, 0.2) is 36.7 Å². The van der Waals surface area contributed by atoms with Crippen LogP contribution < -0.4 is 10.6 Å². The van der Waals surface area contributed by atoms with Crippen molar-refractivity contribution in [3.8, 4) is 0 Å². The van der Waals surface area contributed by atoms with Gasteiger partial charge < -0.3 is 5.73 Å². The quantitative estimate of drug-likeness (QED) is 0.899. The Labute approximate surface area is 122 Å². The number of aryl methyl sites for hydroxylation is 1. The summed E-state index contributed by atoms with van der Waals surface area (Å²) in [6.07, 6.45) is 3.63. The Bertz CT molecular complexity index is 727. The minimum Gasteiger partial charge on any atom is -0.368 e. The zero-order valence-electron chi connectivity index (χ0n) is 11.5. The number of nitrogens with zero attached hydrogens (tertiary/aromatic N) is 2. The monoisotopic (exact) mass is 280 g/mol. The van der Waals surface area contributed by atoms with Crippen molar-refractivity contribution in [2.45, 2.75) is 19.4 Å². The van der Waals surface area contributed by atoms with E-state index in [-0.39, 0.29) is 5.91 Å². The molecule has 5 heteroatoms. The van der Waals surface area contributed by atoms with Crippen molar-refractivity contribution in [1.29, 1.82) is 0 Å². The highest BCUT2D eigenvalue weighted by atomic mass is 16.2. The van der Waals surface area contributed by atoms with E-state index >= 15 is 0 Å². The number of primary amides is 1. The van der Waals surface area contributed by atoms with Crippen LogP contribution in [0.4, 0.5) is 5.69 Å². The molecular formula is C16H14N3O2. The normalized spacial score (nSPS) is 17.5. The summed E-state index contributed by atoms with van der Waals surface area (Å²) in [4.78, 5) is 30.1. The number of amides is 2. The minimum absolute atomic E-state index is 0.243. The van der Waals surface area contributed by atoms with Crippen LogP contribution in [0.1, 0.15) is 21.5 Å². The number of pyridine rings is 1. The lowest BCUT2D eigenvalue weighted by atomic mass is 9.92. The van der Waals surface area contributed by atoms with Crippen molar-refractivity contribution in [1.82, 2.24) is 4.98 Å². The molecule has 2 aromatic rings. The van der Waals surface area contributed by atoms with E-state index in [0.717, 1.165) is 11.1 Å². The molecule has 0 saturated carbocycles. The summed E-state index contributed by atoms with van der Waals surface area (Å²) in [5, 5.41) is 0. The molecule has 0 saturated heterocycles.